The Labute approximate surface area is 87.6 Å². The number of nitrogens with one attached hydrogen (secondary N) is 1. The first kappa shape index (κ1) is 11.0. The number of aromatic nitrogens is 2. The second-order valence-electron chi connectivity index (χ2n) is 2.55. The third kappa shape index (κ3) is 3.35. The predicted octanol–water partition coefficient (Wildman–Crippen LogP) is 1.16. The molecular weight excluding hydrogens is 204 g/mol. The maximum absolute atomic E-state index is 5.83. The van der Waals surface area contributed by atoms with Crippen molar-refractivity contribution in [3.63, 3.8) is 0 Å². The average molecular weight is 217 g/mol. The summed E-state index contributed by atoms with van der Waals surface area (Å²) in [5.41, 5.74) is 5.41. The molecule has 1 rings (SSSR count). The van der Waals surface area contributed by atoms with Crippen molar-refractivity contribution in [2.24, 2.45) is 0 Å². The largest absolute Gasteiger partial charge is 0.380 e. The van der Waals surface area contributed by atoms with Crippen LogP contribution < -0.4 is 11.1 Å². The monoisotopic (exact) mass is 216 g/mol. The Morgan fingerprint density at radius 3 is 3.14 bits per heavy atom. The summed E-state index contributed by atoms with van der Waals surface area (Å²) in [5.74, 6) is 0.743. The van der Waals surface area contributed by atoms with E-state index in [1.165, 1.54) is 6.20 Å². The van der Waals surface area contributed by atoms with Crippen LogP contribution in [0.1, 0.15) is 6.92 Å². The molecule has 1 aromatic rings. The fraction of sp³-hybridized carbons (Fsp3) is 0.500. The number of anilines is 2. The van der Waals surface area contributed by atoms with E-state index in [0.717, 1.165) is 0 Å². The van der Waals surface area contributed by atoms with Gasteiger partial charge in [0.15, 0.2) is 5.82 Å². The van der Waals surface area contributed by atoms with Gasteiger partial charge in [-0.15, -0.1) is 0 Å². The van der Waals surface area contributed by atoms with E-state index in [1.807, 2.05) is 6.92 Å². The highest BCUT2D eigenvalue weighted by molar-refractivity contribution is 6.32. The molecule has 14 heavy (non-hydrogen) atoms. The number of nitrogens with two attached hydrogens (primary N) is 1. The van der Waals surface area contributed by atoms with Gasteiger partial charge in [0.1, 0.15) is 5.02 Å². The molecule has 0 aliphatic rings. The van der Waals surface area contributed by atoms with Crippen molar-refractivity contribution in [2.75, 3.05) is 30.8 Å². The topological polar surface area (TPSA) is 73.1 Å². The van der Waals surface area contributed by atoms with Crippen LogP contribution in [-0.4, -0.2) is 29.7 Å². The van der Waals surface area contributed by atoms with Crippen molar-refractivity contribution in [3.8, 4) is 0 Å². The standard InChI is InChI=1S/C8H13ClN4O/c1-2-14-4-3-11-7-6(9)5-12-8(10)13-7/h5H,2-4H2,1H3,(H3,10,11,12,13). The molecule has 0 unspecified atom stereocenters. The minimum Gasteiger partial charge on any atom is -0.380 e. The van der Waals surface area contributed by atoms with Gasteiger partial charge in [-0.25, -0.2) is 4.98 Å². The number of nitrogens with zero attached hydrogens (tertiary/aromatic N) is 2. The lowest BCUT2D eigenvalue weighted by atomic mass is 10.5. The summed E-state index contributed by atoms with van der Waals surface area (Å²) in [4.78, 5) is 7.69. The average Bonchev–Trinajstić information content (AvgIpc) is 2.18. The van der Waals surface area contributed by atoms with Crippen LogP contribution in [0.25, 0.3) is 0 Å². The molecule has 3 N–H and O–H groups in total. The van der Waals surface area contributed by atoms with Crippen LogP contribution >= 0.6 is 11.6 Å². The van der Waals surface area contributed by atoms with Crippen molar-refractivity contribution in [1.29, 1.82) is 0 Å². The molecule has 5 nitrogen and oxygen atoms in total. The first-order chi connectivity index (χ1) is 6.74. The Hall–Kier alpha value is -1.07. The SMILES string of the molecule is CCOCCNc1nc(N)ncc1Cl. The van der Waals surface area contributed by atoms with Crippen molar-refractivity contribution < 1.29 is 4.74 Å². The zero-order valence-corrected chi connectivity index (χ0v) is 8.71. The van der Waals surface area contributed by atoms with Crippen LogP contribution in [-0.2, 0) is 4.74 Å². The number of halogens is 1. The Kier molecular flexibility index (Phi) is 4.42. The van der Waals surface area contributed by atoms with Gasteiger partial charge in [-0.2, -0.15) is 4.98 Å². The number of nitrogen functional groups attached to an aromatic ring is 1. The van der Waals surface area contributed by atoms with Crippen LogP contribution in [0.4, 0.5) is 11.8 Å². The smallest absolute Gasteiger partial charge is 0.222 e. The van der Waals surface area contributed by atoms with Crippen molar-refractivity contribution in [1.82, 2.24) is 9.97 Å². The van der Waals surface area contributed by atoms with Crippen LogP contribution in [0.5, 0.6) is 0 Å². The Bertz CT molecular complexity index is 295. The van der Waals surface area contributed by atoms with Gasteiger partial charge in [0, 0.05) is 13.2 Å². The lowest BCUT2D eigenvalue weighted by Gasteiger charge is -2.06. The van der Waals surface area contributed by atoms with E-state index >= 15 is 0 Å². The fourth-order valence-corrected chi connectivity index (χ4v) is 1.05. The molecule has 0 aliphatic heterocycles. The van der Waals surface area contributed by atoms with E-state index < -0.39 is 0 Å². The van der Waals surface area contributed by atoms with Gasteiger partial charge in [0.05, 0.1) is 12.8 Å². The lowest BCUT2D eigenvalue weighted by Crippen LogP contribution is -2.11. The van der Waals surface area contributed by atoms with E-state index in [1.54, 1.807) is 0 Å². The van der Waals surface area contributed by atoms with Gasteiger partial charge in [0.2, 0.25) is 5.95 Å². The Morgan fingerprint density at radius 1 is 1.64 bits per heavy atom. The summed E-state index contributed by atoms with van der Waals surface area (Å²) in [6, 6.07) is 0. The lowest BCUT2D eigenvalue weighted by molar-refractivity contribution is 0.158. The molecule has 0 amide bonds. The number of rotatable bonds is 5. The van der Waals surface area contributed by atoms with Gasteiger partial charge >= 0.3 is 0 Å². The third-order valence-electron chi connectivity index (χ3n) is 1.51. The molecule has 1 heterocycles. The van der Waals surface area contributed by atoms with E-state index in [4.69, 9.17) is 22.1 Å². The Morgan fingerprint density at radius 2 is 2.43 bits per heavy atom. The first-order valence-electron chi connectivity index (χ1n) is 4.33. The van der Waals surface area contributed by atoms with E-state index in [-0.39, 0.29) is 5.95 Å². The maximum atomic E-state index is 5.83. The molecule has 0 saturated carbocycles. The zero-order valence-electron chi connectivity index (χ0n) is 7.96. The molecule has 0 aromatic carbocycles. The molecule has 1 aromatic heterocycles. The van der Waals surface area contributed by atoms with Gasteiger partial charge in [0.25, 0.3) is 0 Å². The predicted molar refractivity (Wildman–Crippen MR) is 56.4 cm³/mol. The van der Waals surface area contributed by atoms with Crippen LogP contribution in [0.15, 0.2) is 6.20 Å². The summed E-state index contributed by atoms with van der Waals surface area (Å²) in [5, 5.41) is 3.45. The second kappa shape index (κ2) is 5.62. The van der Waals surface area contributed by atoms with Gasteiger partial charge in [-0.1, -0.05) is 11.6 Å². The van der Waals surface area contributed by atoms with E-state index in [2.05, 4.69) is 15.3 Å². The minimum atomic E-state index is 0.202. The van der Waals surface area contributed by atoms with Crippen LogP contribution in [0.2, 0.25) is 5.02 Å². The summed E-state index contributed by atoms with van der Waals surface area (Å²) >= 11 is 5.83. The summed E-state index contributed by atoms with van der Waals surface area (Å²) in [6.45, 7) is 3.89. The fourth-order valence-electron chi connectivity index (χ4n) is 0.891. The molecule has 0 atom stereocenters. The molecule has 0 radical (unpaired) electrons. The highest BCUT2D eigenvalue weighted by Crippen LogP contribution is 2.17. The van der Waals surface area contributed by atoms with Gasteiger partial charge in [-0.3, -0.25) is 0 Å². The summed E-state index contributed by atoms with van der Waals surface area (Å²) < 4.78 is 5.15. The maximum Gasteiger partial charge on any atom is 0.222 e. The normalized spacial score (nSPS) is 10.1. The van der Waals surface area contributed by atoms with Gasteiger partial charge in [-0.05, 0) is 6.92 Å². The molecule has 0 aliphatic carbocycles. The van der Waals surface area contributed by atoms with Gasteiger partial charge < -0.3 is 15.8 Å². The van der Waals surface area contributed by atoms with E-state index in [9.17, 15) is 0 Å². The number of ether oxygens (including phenoxy) is 1. The van der Waals surface area contributed by atoms with Crippen molar-refractivity contribution in [3.05, 3.63) is 11.2 Å². The molecule has 78 valence electrons. The second-order valence-corrected chi connectivity index (χ2v) is 2.96. The highest BCUT2D eigenvalue weighted by atomic mass is 35.5. The summed E-state index contributed by atoms with van der Waals surface area (Å²) in [7, 11) is 0. The highest BCUT2D eigenvalue weighted by Gasteiger charge is 2.01. The Balaban J connectivity index is 2.45. The number of hydrogen-bond acceptors (Lipinski definition) is 5. The van der Waals surface area contributed by atoms with E-state index in [0.29, 0.717) is 30.6 Å². The van der Waals surface area contributed by atoms with Crippen molar-refractivity contribution >= 4 is 23.4 Å². The minimum absolute atomic E-state index is 0.202. The summed E-state index contributed by atoms with van der Waals surface area (Å²) in [6.07, 6.45) is 1.47. The van der Waals surface area contributed by atoms with Crippen molar-refractivity contribution in [2.45, 2.75) is 6.92 Å². The molecule has 0 fully saturated rings. The molecule has 0 saturated heterocycles. The van der Waals surface area contributed by atoms with Crippen LogP contribution in [0.3, 0.4) is 0 Å². The number of hydrogen-bond donors (Lipinski definition) is 2. The zero-order chi connectivity index (χ0) is 10.4. The molecule has 0 spiro atoms. The quantitative estimate of drug-likeness (QED) is 0.723. The molecule has 6 heteroatoms. The first-order valence-corrected chi connectivity index (χ1v) is 4.71. The molecular formula is C8H13ClN4O. The van der Waals surface area contributed by atoms with Crippen LogP contribution in [0, 0.1) is 0 Å². The third-order valence-corrected chi connectivity index (χ3v) is 1.78. The molecule has 0 bridgehead atoms.